The van der Waals surface area contributed by atoms with E-state index in [4.69, 9.17) is 16.9 Å². The highest BCUT2D eigenvalue weighted by Crippen LogP contribution is 1.92. The van der Waals surface area contributed by atoms with E-state index in [0.29, 0.717) is 11.5 Å². The highest BCUT2D eigenvalue weighted by molar-refractivity contribution is 6.19. The van der Waals surface area contributed by atoms with Gasteiger partial charge in [-0.15, -0.1) is 11.6 Å². The summed E-state index contributed by atoms with van der Waals surface area (Å²) in [5.41, 5.74) is 0.627. The number of alkyl halides is 1. The monoisotopic (exact) mass is 115 g/mol. The van der Waals surface area contributed by atoms with Gasteiger partial charge in [0, 0.05) is 5.57 Å². The van der Waals surface area contributed by atoms with Crippen LogP contribution in [-0.4, -0.2) is 5.88 Å². The number of halogens is 1. The molecular weight excluding hydrogens is 110 g/mol. The van der Waals surface area contributed by atoms with Crippen molar-refractivity contribution in [3.05, 3.63) is 11.6 Å². The number of allylic oxidation sites excluding steroid dienone is 2. The molecule has 7 heavy (non-hydrogen) atoms. The first-order valence-corrected chi connectivity index (χ1v) is 2.49. The van der Waals surface area contributed by atoms with Gasteiger partial charge in [-0.25, -0.2) is 0 Å². The van der Waals surface area contributed by atoms with Crippen molar-refractivity contribution in [2.75, 3.05) is 5.88 Å². The molecule has 0 spiro atoms. The van der Waals surface area contributed by atoms with Gasteiger partial charge in [-0.05, 0) is 6.92 Å². The van der Waals surface area contributed by atoms with Gasteiger partial charge in [0.15, 0.2) is 0 Å². The Hall–Kier alpha value is -0.480. The Balaban J connectivity index is 3.68. The summed E-state index contributed by atoms with van der Waals surface area (Å²) in [6.07, 6.45) is 1.70. The lowest BCUT2D eigenvalue weighted by Gasteiger charge is -1.79. The van der Waals surface area contributed by atoms with Crippen molar-refractivity contribution in [1.29, 1.82) is 5.26 Å². The Morgan fingerprint density at radius 2 is 2.57 bits per heavy atom. The number of hydrogen-bond acceptors (Lipinski definition) is 1. The third-order valence-electron chi connectivity index (χ3n) is 0.636. The first kappa shape index (κ1) is 6.52. The molecule has 38 valence electrons. The fraction of sp³-hybridized carbons (Fsp3) is 0.400. The van der Waals surface area contributed by atoms with Gasteiger partial charge < -0.3 is 0 Å². The number of rotatable bonds is 1. The van der Waals surface area contributed by atoms with E-state index in [1.165, 1.54) is 0 Å². The van der Waals surface area contributed by atoms with Crippen LogP contribution in [0.2, 0.25) is 0 Å². The Bertz CT molecular complexity index is 110. The van der Waals surface area contributed by atoms with E-state index in [-0.39, 0.29) is 0 Å². The molecule has 0 fully saturated rings. The van der Waals surface area contributed by atoms with Gasteiger partial charge in [0.2, 0.25) is 0 Å². The molecule has 0 aliphatic carbocycles. The first-order valence-electron chi connectivity index (χ1n) is 1.96. The number of nitriles is 1. The van der Waals surface area contributed by atoms with E-state index in [0.717, 1.165) is 0 Å². The van der Waals surface area contributed by atoms with E-state index in [1.807, 2.05) is 6.07 Å². The first-order chi connectivity index (χ1) is 3.35. The maximum Gasteiger partial charge on any atom is 0.0956 e. The third-order valence-corrected chi connectivity index (χ3v) is 0.924. The Morgan fingerprint density at radius 1 is 2.00 bits per heavy atom. The standard InChI is InChI=1S/C5H6ClN/c1-2-5(3-6)4-7/h2H,3H2,1H3. The zero-order valence-corrected chi connectivity index (χ0v) is 4.87. The Kier molecular flexibility index (Phi) is 3.45. The summed E-state index contributed by atoms with van der Waals surface area (Å²) in [5, 5.41) is 8.12. The van der Waals surface area contributed by atoms with Crippen LogP contribution in [0.25, 0.3) is 0 Å². The van der Waals surface area contributed by atoms with Gasteiger partial charge in [-0.2, -0.15) is 5.26 Å². The van der Waals surface area contributed by atoms with Crippen LogP contribution in [-0.2, 0) is 0 Å². The fourth-order valence-corrected chi connectivity index (χ4v) is 0.386. The van der Waals surface area contributed by atoms with Gasteiger partial charge in [0.05, 0.1) is 11.9 Å². The summed E-state index contributed by atoms with van der Waals surface area (Å²) >= 11 is 5.28. The molecule has 1 nitrogen and oxygen atoms in total. The maximum absolute atomic E-state index is 8.12. The van der Waals surface area contributed by atoms with Gasteiger partial charge in [0.1, 0.15) is 0 Å². The minimum Gasteiger partial charge on any atom is -0.193 e. The van der Waals surface area contributed by atoms with Crippen molar-refractivity contribution >= 4 is 11.6 Å². The van der Waals surface area contributed by atoms with Crippen LogP contribution < -0.4 is 0 Å². The maximum atomic E-state index is 8.12. The average molecular weight is 116 g/mol. The van der Waals surface area contributed by atoms with Crippen molar-refractivity contribution < 1.29 is 0 Å². The number of nitrogens with zero attached hydrogens (tertiary/aromatic N) is 1. The van der Waals surface area contributed by atoms with Crippen molar-refractivity contribution in [2.45, 2.75) is 6.92 Å². The molecule has 0 aromatic heterocycles. The molecule has 0 N–H and O–H groups in total. The fourth-order valence-electron chi connectivity index (χ4n) is 0.172. The SMILES string of the molecule is CC=C(C#N)CCl. The van der Waals surface area contributed by atoms with Crippen molar-refractivity contribution in [3.8, 4) is 6.07 Å². The second-order valence-electron chi connectivity index (χ2n) is 1.06. The molecule has 0 aromatic rings. The summed E-state index contributed by atoms with van der Waals surface area (Å²) in [5.74, 6) is 0.326. The second kappa shape index (κ2) is 3.70. The average Bonchev–Trinajstić information content (AvgIpc) is 1.72. The zero-order chi connectivity index (χ0) is 5.70. The summed E-state index contributed by atoms with van der Waals surface area (Å²) in [4.78, 5) is 0. The van der Waals surface area contributed by atoms with E-state index in [9.17, 15) is 0 Å². The lowest BCUT2D eigenvalue weighted by atomic mass is 10.3. The smallest absolute Gasteiger partial charge is 0.0956 e. The predicted molar refractivity (Wildman–Crippen MR) is 30.1 cm³/mol. The topological polar surface area (TPSA) is 23.8 Å². The van der Waals surface area contributed by atoms with E-state index in [1.54, 1.807) is 13.0 Å². The normalized spacial score (nSPS) is 10.7. The van der Waals surface area contributed by atoms with Crippen LogP contribution in [0.5, 0.6) is 0 Å². The molecule has 0 unspecified atom stereocenters. The summed E-state index contributed by atoms with van der Waals surface area (Å²) < 4.78 is 0. The molecule has 0 aromatic carbocycles. The molecule has 0 saturated carbocycles. The van der Waals surface area contributed by atoms with E-state index >= 15 is 0 Å². The molecule has 0 aliphatic rings. The molecule has 0 amide bonds. The highest BCUT2D eigenvalue weighted by Gasteiger charge is 1.83. The van der Waals surface area contributed by atoms with Crippen LogP contribution in [0.3, 0.4) is 0 Å². The van der Waals surface area contributed by atoms with Gasteiger partial charge in [-0.1, -0.05) is 6.08 Å². The van der Waals surface area contributed by atoms with Gasteiger partial charge >= 0.3 is 0 Å². The van der Waals surface area contributed by atoms with Crippen molar-refractivity contribution in [1.82, 2.24) is 0 Å². The van der Waals surface area contributed by atoms with Crippen molar-refractivity contribution in [2.24, 2.45) is 0 Å². The molecule has 0 aliphatic heterocycles. The predicted octanol–water partition coefficient (Wildman–Crippen LogP) is 1.70. The molecule has 0 saturated heterocycles. The Morgan fingerprint density at radius 3 is 2.57 bits per heavy atom. The van der Waals surface area contributed by atoms with E-state index < -0.39 is 0 Å². The molecule has 0 atom stereocenters. The minimum atomic E-state index is 0.326. The highest BCUT2D eigenvalue weighted by atomic mass is 35.5. The zero-order valence-electron chi connectivity index (χ0n) is 4.11. The Labute approximate surface area is 48.2 Å². The lowest BCUT2D eigenvalue weighted by molar-refractivity contribution is 1.43. The summed E-state index contributed by atoms with van der Waals surface area (Å²) in [7, 11) is 0. The van der Waals surface area contributed by atoms with Gasteiger partial charge in [0.25, 0.3) is 0 Å². The second-order valence-corrected chi connectivity index (χ2v) is 1.33. The molecule has 2 heteroatoms. The lowest BCUT2D eigenvalue weighted by Crippen LogP contribution is -1.74. The van der Waals surface area contributed by atoms with Crippen LogP contribution >= 0.6 is 11.6 Å². The molecule has 0 radical (unpaired) electrons. The minimum absolute atomic E-state index is 0.326. The van der Waals surface area contributed by atoms with Crippen LogP contribution in [0.4, 0.5) is 0 Å². The van der Waals surface area contributed by atoms with Crippen molar-refractivity contribution in [3.63, 3.8) is 0 Å². The quantitative estimate of drug-likeness (QED) is 0.377. The summed E-state index contributed by atoms with van der Waals surface area (Å²) in [6, 6.07) is 1.93. The van der Waals surface area contributed by atoms with Gasteiger partial charge in [-0.3, -0.25) is 0 Å². The van der Waals surface area contributed by atoms with E-state index in [2.05, 4.69) is 0 Å². The molecule has 0 rings (SSSR count). The molecule has 0 heterocycles. The van der Waals surface area contributed by atoms with Crippen LogP contribution in [0.15, 0.2) is 11.6 Å². The molecular formula is C5H6ClN. The third kappa shape index (κ3) is 2.24. The van der Waals surface area contributed by atoms with Crippen LogP contribution in [0.1, 0.15) is 6.92 Å². The summed E-state index contributed by atoms with van der Waals surface area (Å²) in [6.45, 7) is 1.79. The molecule has 0 bridgehead atoms. The van der Waals surface area contributed by atoms with Crippen LogP contribution in [0, 0.1) is 11.3 Å². The number of hydrogen-bond donors (Lipinski definition) is 0. The largest absolute Gasteiger partial charge is 0.193 e.